The van der Waals surface area contributed by atoms with Crippen molar-refractivity contribution >= 4 is 11.8 Å². The molecule has 0 radical (unpaired) electrons. The first-order valence-corrected chi connectivity index (χ1v) is 8.78. The third-order valence-corrected chi connectivity index (χ3v) is 4.32. The van der Waals surface area contributed by atoms with Crippen LogP contribution in [-0.4, -0.2) is 18.0 Å². The fraction of sp³-hybridized carbons (Fsp3) is 0.550. The molecular formula is C20H29NO2. The molecule has 1 aromatic carbocycles. The molecule has 23 heavy (non-hydrogen) atoms. The minimum atomic E-state index is 0.208. The Morgan fingerprint density at radius 3 is 2.91 bits per heavy atom. The number of ether oxygens (including phenoxy) is 1. The fourth-order valence-corrected chi connectivity index (χ4v) is 3.31. The summed E-state index contributed by atoms with van der Waals surface area (Å²) in [6.07, 6.45) is 7.11. The SMILES string of the molecule is CCCCOc1cccc(C2=C(CC(C)C)CCC2C=NO)c1. The Bertz CT molecular complexity index is 561. The highest BCUT2D eigenvalue weighted by atomic mass is 16.5. The van der Waals surface area contributed by atoms with Gasteiger partial charge in [0, 0.05) is 5.92 Å². The third kappa shape index (κ3) is 4.85. The van der Waals surface area contributed by atoms with E-state index in [9.17, 15) is 0 Å². The molecule has 126 valence electrons. The maximum atomic E-state index is 8.98. The van der Waals surface area contributed by atoms with Crippen LogP contribution in [0.2, 0.25) is 0 Å². The lowest BCUT2D eigenvalue weighted by molar-refractivity contribution is 0.309. The maximum Gasteiger partial charge on any atom is 0.119 e. The van der Waals surface area contributed by atoms with Crippen molar-refractivity contribution in [1.29, 1.82) is 0 Å². The number of benzene rings is 1. The number of nitrogens with zero attached hydrogens (tertiary/aromatic N) is 1. The van der Waals surface area contributed by atoms with E-state index in [0.29, 0.717) is 5.92 Å². The molecule has 0 saturated carbocycles. The molecule has 0 aromatic heterocycles. The minimum Gasteiger partial charge on any atom is -0.494 e. The van der Waals surface area contributed by atoms with Gasteiger partial charge in [0.1, 0.15) is 5.75 Å². The molecule has 3 heteroatoms. The lowest BCUT2D eigenvalue weighted by Crippen LogP contribution is -2.03. The molecule has 0 amide bonds. The zero-order chi connectivity index (χ0) is 16.7. The highest BCUT2D eigenvalue weighted by Gasteiger charge is 2.26. The number of hydrogen-bond acceptors (Lipinski definition) is 3. The highest BCUT2D eigenvalue weighted by molar-refractivity contribution is 5.86. The van der Waals surface area contributed by atoms with E-state index >= 15 is 0 Å². The van der Waals surface area contributed by atoms with Gasteiger partial charge in [-0.05, 0) is 54.9 Å². The molecular weight excluding hydrogens is 286 g/mol. The van der Waals surface area contributed by atoms with Crippen molar-refractivity contribution in [3.63, 3.8) is 0 Å². The average molecular weight is 315 g/mol. The molecule has 1 unspecified atom stereocenters. The second-order valence-corrected chi connectivity index (χ2v) is 6.75. The molecule has 1 atom stereocenters. The van der Waals surface area contributed by atoms with Gasteiger partial charge in [-0.15, -0.1) is 5.16 Å². The first-order valence-electron chi connectivity index (χ1n) is 8.78. The predicted octanol–water partition coefficient (Wildman–Crippen LogP) is 5.54. The Labute approximate surface area is 140 Å². The van der Waals surface area contributed by atoms with Crippen molar-refractivity contribution < 1.29 is 9.94 Å². The fourth-order valence-electron chi connectivity index (χ4n) is 3.31. The van der Waals surface area contributed by atoms with Crippen LogP contribution in [0, 0.1) is 11.8 Å². The topological polar surface area (TPSA) is 41.8 Å². The average Bonchev–Trinajstić information content (AvgIpc) is 2.90. The monoisotopic (exact) mass is 315 g/mol. The lowest BCUT2D eigenvalue weighted by atomic mass is 9.91. The molecule has 1 aliphatic rings. The maximum absolute atomic E-state index is 8.98. The zero-order valence-corrected chi connectivity index (χ0v) is 14.6. The normalized spacial score (nSPS) is 18.3. The van der Waals surface area contributed by atoms with Gasteiger partial charge in [0.25, 0.3) is 0 Å². The lowest BCUT2D eigenvalue weighted by Gasteiger charge is -2.15. The van der Waals surface area contributed by atoms with E-state index in [0.717, 1.165) is 44.5 Å². The van der Waals surface area contributed by atoms with E-state index in [1.165, 1.54) is 16.7 Å². The molecule has 0 fully saturated rings. The van der Waals surface area contributed by atoms with Gasteiger partial charge < -0.3 is 9.94 Å². The van der Waals surface area contributed by atoms with Crippen LogP contribution in [-0.2, 0) is 0 Å². The van der Waals surface area contributed by atoms with Crippen LogP contribution in [0.15, 0.2) is 35.0 Å². The Hall–Kier alpha value is -1.77. The third-order valence-electron chi connectivity index (χ3n) is 4.32. The van der Waals surface area contributed by atoms with Gasteiger partial charge in [-0.2, -0.15) is 0 Å². The summed E-state index contributed by atoms with van der Waals surface area (Å²) >= 11 is 0. The smallest absolute Gasteiger partial charge is 0.119 e. The van der Waals surface area contributed by atoms with Crippen LogP contribution in [0.5, 0.6) is 5.75 Å². The van der Waals surface area contributed by atoms with Crippen molar-refractivity contribution in [3.05, 3.63) is 35.4 Å². The second-order valence-electron chi connectivity index (χ2n) is 6.75. The molecule has 0 saturated heterocycles. The largest absolute Gasteiger partial charge is 0.494 e. The number of oxime groups is 1. The summed E-state index contributed by atoms with van der Waals surface area (Å²) in [7, 11) is 0. The molecule has 0 aliphatic heterocycles. The van der Waals surface area contributed by atoms with Crippen LogP contribution in [0.25, 0.3) is 5.57 Å². The van der Waals surface area contributed by atoms with Gasteiger partial charge in [0.15, 0.2) is 0 Å². The molecule has 3 nitrogen and oxygen atoms in total. The zero-order valence-electron chi connectivity index (χ0n) is 14.6. The van der Waals surface area contributed by atoms with Crippen LogP contribution in [0.1, 0.15) is 58.4 Å². The van der Waals surface area contributed by atoms with Crippen LogP contribution >= 0.6 is 0 Å². The summed E-state index contributed by atoms with van der Waals surface area (Å²) in [6, 6.07) is 8.36. The van der Waals surface area contributed by atoms with Crippen molar-refractivity contribution in [2.45, 2.75) is 52.9 Å². The molecule has 1 aromatic rings. The Balaban J connectivity index is 2.28. The van der Waals surface area contributed by atoms with Gasteiger partial charge in [-0.25, -0.2) is 0 Å². The number of hydrogen-bond donors (Lipinski definition) is 1. The Kier molecular flexibility index (Phi) is 6.69. The number of rotatable bonds is 8. The summed E-state index contributed by atoms with van der Waals surface area (Å²) in [5, 5.41) is 12.3. The van der Waals surface area contributed by atoms with Crippen molar-refractivity contribution in [1.82, 2.24) is 0 Å². The summed E-state index contributed by atoms with van der Waals surface area (Å²) in [5.74, 6) is 1.77. The highest BCUT2D eigenvalue weighted by Crippen LogP contribution is 2.41. The van der Waals surface area contributed by atoms with E-state index in [1.54, 1.807) is 6.21 Å². The van der Waals surface area contributed by atoms with Crippen molar-refractivity contribution in [2.24, 2.45) is 17.0 Å². The standard InChI is InChI=1S/C20H29NO2/c1-4-5-11-23-19-8-6-7-16(13-19)20-17(12-15(2)3)9-10-18(20)14-21-22/h6-8,13-15,18,22H,4-5,9-12H2,1-3H3. The van der Waals surface area contributed by atoms with Crippen LogP contribution < -0.4 is 4.74 Å². The van der Waals surface area contributed by atoms with E-state index in [1.807, 2.05) is 6.07 Å². The quantitative estimate of drug-likeness (QED) is 0.296. The first-order chi connectivity index (χ1) is 11.2. The number of allylic oxidation sites excluding steroid dienone is 2. The molecule has 1 aliphatic carbocycles. The first kappa shape index (κ1) is 17.6. The van der Waals surface area contributed by atoms with E-state index in [4.69, 9.17) is 9.94 Å². The number of unbranched alkanes of at least 4 members (excludes halogenated alkanes) is 1. The summed E-state index contributed by atoms with van der Waals surface area (Å²) in [4.78, 5) is 0. The summed E-state index contributed by atoms with van der Waals surface area (Å²) in [6.45, 7) is 7.43. The molecule has 2 rings (SSSR count). The van der Waals surface area contributed by atoms with Gasteiger partial charge >= 0.3 is 0 Å². The molecule has 0 heterocycles. The van der Waals surface area contributed by atoms with E-state index < -0.39 is 0 Å². The summed E-state index contributed by atoms with van der Waals surface area (Å²) in [5.41, 5.74) is 4.03. The second kappa shape index (κ2) is 8.76. The van der Waals surface area contributed by atoms with E-state index in [2.05, 4.69) is 44.1 Å². The van der Waals surface area contributed by atoms with Crippen LogP contribution in [0.4, 0.5) is 0 Å². The Morgan fingerprint density at radius 2 is 2.22 bits per heavy atom. The van der Waals surface area contributed by atoms with Gasteiger partial charge in [-0.3, -0.25) is 0 Å². The van der Waals surface area contributed by atoms with Crippen LogP contribution in [0.3, 0.4) is 0 Å². The van der Waals surface area contributed by atoms with E-state index in [-0.39, 0.29) is 5.92 Å². The molecule has 1 N–H and O–H groups in total. The van der Waals surface area contributed by atoms with Gasteiger partial charge in [0.05, 0.1) is 12.8 Å². The van der Waals surface area contributed by atoms with Crippen molar-refractivity contribution in [3.8, 4) is 5.75 Å². The Morgan fingerprint density at radius 1 is 1.39 bits per heavy atom. The molecule has 0 bridgehead atoms. The van der Waals surface area contributed by atoms with Gasteiger partial charge in [0.2, 0.25) is 0 Å². The predicted molar refractivity (Wildman–Crippen MR) is 96.2 cm³/mol. The minimum absolute atomic E-state index is 0.208. The van der Waals surface area contributed by atoms with Crippen molar-refractivity contribution in [2.75, 3.05) is 6.61 Å². The molecule has 0 spiro atoms. The van der Waals surface area contributed by atoms with Gasteiger partial charge in [-0.1, -0.05) is 44.9 Å². The summed E-state index contributed by atoms with van der Waals surface area (Å²) < 4.78 is 5.85.